The first-order chi connectivity index (χ1) is 8.12. The van der Waals surface area contributed by atoms with Gasteiger partial charge in [-0.05, 0) is 57.7 Å². The highest BCUT2D eigenvalue weighted by molar-refractivity contribution is 5.75. The Morgan fingerprint density at radius 1 is 1.29 bits per heavy atom. The Hall–Kier alpha value is -1.18. The van der Waals surface area contributed by atoms with Crippen molar-refractivity contribution in [1.82, 2.24) is 0 Å². The molecule has 17 heavy (non-hydrogen) atoms. The van der Waals surface area contributed by atoms with E-state index in [4.69, 9.17) is 0 Å². The Bertz CT molecular complexity index is 433. The zero-order chi connectivity index (χ0) is 12.0. The SMILES string of the molecule is Cc1ccc2c(c1)N(C(C)C)C1(CCC1)CN2. The molecule has 92 valence electrons. The highest BCUT2D eigenvalue weighted by atomic mass is 15.3. The predicted octanol–water partition coefficient (Wildman–Crippen LogP) is 3.56. The van der Waals surface area contributed by atoms with E-state index in [1.54, 1.807) is 0 Å². The number of aryl methyl sites for hydroxylation is 1. The number of hydrogen-bond donors (Lipinski definition) is 1. The van der Waals surface area contributed by atoms with Gasteiger partial charge >= 0.3 is 0 Å². The van der Waals surface area contributed by atoms with Crippen molar-refractivity contribution >= 4 is 11.4 Å². The number of nitrogens with one attached hydrogen (secondary N) is 1. The molecule has 2 aliphatic rings. The van der Waals surface area contributed by atoms with Gasteiger partial charge in [-0.3, -0.25) is 0 Å². The van der Waals surface area contributed by atoms with E-state index < -0.39 is 0 Å². The number of fused-ring (bicyclic) bond motifs is 1. The standard InChI is InChI=1S/C15H22N2/c1-11(2)17-14-9-12(3)5-6-13(14)16-10-15(17)7-4-8-15/h5-6,9,11,16H,4,7-8,10H2,1-3H3. The van der Waals surface area contributed by atoms with Crippen molar-refractivity contribution in [3.8, 4) is 0 Å². The zero-order valence-electron chi connectivity index (χ0n) is 11.1. The lowest BCUT2D eigenvalue weighted by molar-refractivity contribution is 0.226. The minimum absolute atomic E-state index is 0.398. The summed E-state index contributed by atoms with van der Waals surface area (Å²) < 4.78 is 0. The molecule has 1 N–H and O–H groups in total. The molecule has 3 rings (SSSR count). The summed E-state index contributed by atoms with van der Waals surface area (Å²) in [7, 11) is 0. The van der Waals surface area contributed by atoms with Gasteiger partial charge in [-0.15, -0.1) is 0 Å². The van der Waals surface area contributed by atoms with Gasteiger partial charge in [-0.2, -0.15) is 0 Å². The molecule has 0 radical (unpaired) electrons. The molecule has 1 fully saturated rings. The minimum atomic E-state index is 0.398. The van der Waals surface area contributed by atoms with Gasteiger partial charge in [0.05, 0.1) is 16.9 Å². The molecule has 0 aromatic heterocycles. The average molecular weight is 230 g/mol. The molecule has 0 saturated heterocycles. The summed E-state index contributed by atoms with van der Waals surface area (Å²) in [6.45, 7) is 7.93. The van der Waals surface area contributed by atoms with Crippen molar-refractivity contribution in [2.24, 2.45) is 0 Å². The zero-order valence-corrected chi connectivity index (χ0v) is 11.1. The van der Waals surface area contributed by atoms with Crippen LogP contribution in [-0.4, -0.2) is 18.1 Å². The first-order valence-corrected chi connectivity index (χ1v) is 6.76. The molecule has 0 unspecified atom stereocenters. The second kappa shape index (κ2) is 3.66. The van der Waals surface area contributed by atoms with E-state index in [9.17, 15) is 0 Å². The molecular formula is C15H22N2. The van der Waals surface area contributed by atoms with Crippen molar-refractivity contribution in [3.63, 3.8) is 0 Å². The van der Waals surface area contributed by atoms with E-state index in [0.29, 0.717) is 11.6 Å². The monoisotopic (exact) mass is 230 g/mol. The third-order valence-electron chi connectivity index (χ3n) is 4.33. The second-order valence-corrected chi connectivity index (χ2v) is 5.92. The molecule has 1 heterocycles. The molecule has 1 aliphatic heterocycles. The molecule has 0 bridgehead atoms. The summed E-state index contributed by atoms with van der Waals surface area (Å²) in [5, 5.41) is 3.63. The molecule has 0 amide bonds. The van der Waals surface area contributed by atoms with Gasteiger partial charge in [0.15, 0.2) is 0 Å². The van der Waals surface area contributed by atoms with Crippen LogP contribution in [0.2, 0.25) is 0 Å². The summed E-state index contributed by atoms with van der Waals surface area (Å²) in [4.78, 5) is 2.66. The predicted molar refractivity (Wildman–Crippen MR) is 73.9 cm³/mol. The molecule has 0 atom stereocenters. The van der Waals surface area contributed by atoms with Gasteiger partial charge in [-0.25, -0.2) is 0 Å². The van der Waals surface area contributed by atoms with Gasteiger partial charge in [0.1, 0.15) is 0 Å². The lowest BCUT2D eigenvalue weighted by Crippen LogP contribution is -2.62. The Morgan fingerprint density at radius 3 is 2.65 bits per heavy atom. The van der Waals surface area contributed by atoms with E-state index in [1.807, 2.05) is 0 Å². The summed E-state index contributed by atoms with van der Waals surface area (Å²) in [6, 6.07) is 7.34. The van der Waals surface area contributed by atoms with E-state index >= 15 is 0 Å². The number of anilines is 2. The maximum absolute atomic E-state index is 3.63. The maximum Gasteiger partial charge on any atom is 0.0612 e. The van der Waals surface area contributed by atoms with Crippen molar-refractivity contribution in [2.75, 3.05) is 16.8 Å². The van der Waals surface area contributed by atoms with Crippen LogP contribution >= 0.6 is 0 Å². The summed E-state index contributed by atoms with van der Waals surface area (Å²) in [6.07, 6.45) is 4.06. The van der Waals surface area contributed by atoms with Gasteiger partial charge in [-0.1, -0.05) is 6.07 Å². The first-order valence-electron chi connectivity index (χ1n) is 6.76. The third-order valence-corrected chi connectivity index (χ3v) is 4.33. The summed E-state index contributed by atoms with van der Waals surface area (Å²) >= 11 is 0. The maximum atomic E-state index is 3.63. The van der Waals surface area contributed by atoms with Crippen molar-refractivity contribution in [2.45, 2.75) is 51.6 Å². The highest BCUT2D eigenvalue weighted by Gasteiger charge is 2.46. The second-order valence-electron chi connectivity index (χ2n) is 5.92. The van der Waals surface area contributed by atoms with Crippen LogP contribution in [0.1, 0.15) is 38.7 Å². The lowest BCUT2D eigenvalue weighted by atomic mass is 9.73. The molecule has 1 aromatic rings. The van der Waals surface area contributed by atoms with Gasteiger partial charge < -0.3 is 10.2 Å². The molecular weight excluding hydrogens is 208 g/mol. The third kappa shape index (κ3) is 1.54. The summed E-state index contributed by atoms with van der Waals surface area (Å²) in [5.74, 6) is 0. The van der Waals surface area contributed by atoms with Crippen LogP contribution in [0.3, 0.4) is 0 Å². The quantitative estimate of drug-likeness (QED) is 0.793. The van der Waals surface area contributed by atoms with Crippen molar-refractivity contribution in [1.29, 1.82) is 0 Å². The van der Waals surface area contributed by atoms with Crippen LogP contribution < -0.4 is 10.2 Å². The molecule has 1 aliphatic carbocycles. The van der Waals surface area contributed by atoms with Crippen molar-refractivity contribution in [3.05, 3.63) is 23.8 Å². The molecule has 1 aromatic carbocycles. The Kier molecular flexibility index (Phi) is 2.35. The fourth-order valence-corrected chi connectivity index (χ4v) is 3.42. The van der Waals surface area contributed by atoms with Crippen LogP contribution in [0.4, 0.5) is 11.4 Å². The fourth-order valence-electron chi connectivity index (χ4n) is 3.42. The Morgan fingerprint density at radius 2 is 2.06 bits per heavy atom. The minimum Gasteiger partial charge on any atom is -0.381 e. The molecule has 1 spiro atoms. The van der Waals surface area contributed by atoms with Crippen LogP contribution in [0.15, 0.2) is 18.2 Å². The Labute approximate surface area is 104 Å². The fraction of sp³-hybridized carbons (Fsp3) is 0.600. The smallest absolute Gasteiger partial charge is 0.0612 e. The normalized spacial score (nSPS) is 21.1. The van der Waals surface area contributed by atoms with Crippen LogP contribution in [0.5, 0.6) is 0 Å². The first kappa shape index (κ1) is 10.9. The summed E-state index contributed by atoms with van der Waals surface area (Å²) in [5.41, 5.74) is 4.47. The van der Waals surface area contributed by atoms with Crippen LogP contribution in [-0.2, 0) is 0 Å². The Balaban J connectivity index is 2.08. The molecule has 2 heteroatoms. The van der Waals surface area contributed by atoms with Crippen LogP contribution in [0.25, 0.3) is 0 Å². The van der Waals surface area contributed by atoms with Gasteiger partial charge in [0, 0.05) is 12.6 Å². The van der Waals surface area contributed by atoms with Gasteiger partial charge in [0.25, 0.3) is 0 Å². The highest BCUT2D eigenvalue weighted by Crippen LogP contribution is 2.47. The van der Waals surface area contributed by atoms with E-state index in [-0.39, 0.29) is 0 Å². The number of nitrogens with zero attached hydrogens (tertiary/aromatic N) is 1. The molecule has 1 saturated carbocycles. The largest absolute Gasteiger partial charge is 0.381 e. The molecule has 2 nitrogen and oxygen atoms in total. The average Bonchev–Trinajstić information content (AvgIpc) is 2.24. The number of rotatable bonds is 1. The van der Waals surface area contributed by atoms with E-state index in [1.165, 1.54) is 36.2 Å². The van der Waals surface area contributed by atoms with Crippen molar-refractivity contribution < 1.29 is 0 Å². The topological polar surface area (TPSA) is 15.3 Å². The van der Waals surface area contributed by atoms with Crippen LogP contribution in [0, 0.1) is 6.92 Å². The lowest BCUT2D eigenvalue weighted by Gasteiger charge is -2.56. The van der Waals surface area contributed by atoms with Gasteiger partial charge in [0.2, 0.25) is 0 Å². The van der Waals surface area contributed by atoms with E-state index in [0.717, 1.165) is 6.54 Å². The number of benzene rings is 1. The number of hydrogen-bond acceptors (Lipinski definition) is 2. The van der Waals surface area contributed by atoms with E-state index in [2.05, 4.69) is 49.2 Å².